The van der Waals surface area contributed by atoms with Crippen LogP contribution in [0.5, 0.6) is 0 Å². The molecule has 0 aliphatic rings. The number of thiocarbonyl (C=S) groups is 1. The van der Waals surface area contributed by atoms with Crippen LogP contribution in [0.3, 0.4) is 0 Å². The normalized spacial score (nSPS) is 11.9. The fraction of sp³-hybridized carbons (Fsp3) is 0.143. The van der Waals surface area contributed by atoms with Crippen molar-refractivity contribution in [2.24, 2.45) is 0 Å². The van der Waals surface area contributed by atoms with Crippen LogP contribution in [0.25, 0.3) is 11.5 Å². The zero-order valence-electron chi connectivity index (χ0n) is 15.3. The number of hydrogen-bond donors (Lipinski definition) is 2. The zero-order chi connectivity index (χ0) is 19.6. The summed E-state index contributed by atoms with van der Waals surface area (Å²) in [5, 5.41) is 14.3. The molecule has 27 heavy (non-hydrogen) atoms. The highest BCUT2D eigenvalue weighted by molar-refractivity contribution is 7.81. The van der Waals surface area contributed by atoms with Gasteiger partial charge in [-0.25, -0.2) is 0 Å². The van der Waals surface area contributed by atoms with Crippen LogP contribution in [0.1, 0.15) is 21.6 Å². The molecule has 3 aromatic rings. The predicted molar refractivity (Wildman–Crippen MR) is 119 cm³/mol. The molecule has 0 amide bonds. The van der Waals surface area contributed by atoms with Gasteiger partial charge in [0.05, 0.1) is 9.21 Å². The fourth-order valence-electron chi connectivity index (χ4n) is 2.69. The first-order valence-corrected chi connectivity index (χ1v) is 10.0. The van der Waals surface area contributed by atoms with E-state index in [-0.39, 0.29) is 5.76 Å². The van der Waals surface area contributed by atoms with E-state index < -0.39 is 0 Å². The van der Waals surface area contributed by atoms with Crippen molar-refractivity contribution in [1.82, 2.24) is 0 Å². The number of anilines is 1. The first-order valence-electron chi connectivity index (χ1n) is 8.41. The zero-order valence-corrected chi connectivity index (χ0v) is 17.7. The van der Waals surface area contributed by atoms with Crippen molar-refractivity contribution in [2.75, 3.05) is 5.32 Å². The molecule has 3 nitrogen and oxygen atoms in total. The number of hydrogen-bond acceptors (Lipinski definition) is 3. The smallest absolute Gasteiger partial charge is 0.289 e. The quantitative estimate of drug-likeness (QED) is 0.239. The van der Waals surface area contributed by atoms with E-state index in [1.807, 2.05) is 62.0 Å². The SMILES string of the molecule is Cc1ccc(C)c(NC(=S)C(=C(O)c2ccc(Cl)s2)[n+]2cccc(C)c2)c1. The second-order valence-corrected chi connectivity index (χ2v) is 8.49. The predicted octanol–water partition coefficient (Wildman–Crippen LogP) is 5.94. The lowest BCUT2D eigenvalue weighted by atomic mass is 10.1. The van der Waals surface area contributed by atoms with Crippen molar-refractivity contribution < 1.29 is 9.67 Å². The minimum atomic E-state index is 0.0882. The number of nitrogens with zero attached hydrogens (tertiary/aromatic N) is 1. The Morgan fingerprint density at radius 3 is 2.56 bits per heavy atom. The summed E-state index contributed by atoms with van der Waals surface area (Å²) in [5.74, 6) is 0.0882. The molecule has 1 aromatic carbocycles. The van der Waals surface area contributed by atoms with Crippen LogP contribution in [0.2, 0.25) is 4.34 Å². The molecule has 0 bridgehead atoms. The molecule has 2 heterocycles. The summed E-state index contributed by atoms with van der Waals surface area (Å²) in [6.45, 7) is 6.05. The van der Waals surface area contributed by atoms with E-state index in [4.69, 9.17) is 23.8 Å². The summed E-state index contributed by atoms with van der Waals surface area (Å²) in [6.07, 6.45) is 3.79. The summed E-state index contributed by atoms with van der Waals surface area (Å²) in [6, 6.07) is 13.6. The number of nitrogens with one attached hydrogen (secondary N) is 1. The lowest BCUT2D eigenvalue weighted by Gasteiger charge is -2.12. The number of aromatic nitrogens is 1. The van der Waals surface area contributed by atoms with Crippen LogP contribution in [0.4, 0.5) is 5.69 Å². The number of thiophene rings is 1. The van der Waals surface area contributed by atoms with Gasteiger partial charge in [0.1, 0.15) is 0 Å². The van der Waals surface area contributed by atoms with Crippen molar-refractivity contribution in [2.45, 2.75) is 20.8 Å². The van der Waals surface area contributed by atoms with Crippen molar-refractivity contribution >= 4 is 57.3 Å². The van der Waals surface area contributed by atoms with Crippen LogP contribution < -0.4 is 9.88 Å². The van der Waals surface area contributed by atoms with Gasteiger partial charge in [-0.3, -0.25) is 0 Å². The van der Waals surface area contributed by atoms with Gasteiger partial charge >= 0.3 is 0 Å². The molecule has 0 radical (unpaired) electrons. The lowest BCUT2D eigenvalue weighted by Crippen LogP contribution is -2.38. The molecule has 0 unspecified atom stereocenters. The Kier molecular flexibility index (Phi) is 5.95. The van der Waals surface area contributed by atoms with Gasteiger partial charge in [0.2, 0.25) is 5.76 Å². The number of aryl methyl sites for hydroxylation is 3. The fourth-order valence-corrected chi connectivity index (χ4v) is 3.99. The van der Waals surface area contributed by atoms with Crippen molar-refractivity contribution in [3.63, 3.8) is 0 Å². The lowest BCUT2D eigenvalue weighted by molar-refractivity contribution is -0.576. The largest absolute Gasteiger partial charge is 0.501 e. The highest BCUT2D eigenvalue weighted by atomic mass is 35.5. The average molecular weight is 416 g/mol. The summed E-state index contributed by atoms with van der Waals surface area (Å²) >= 11 is 13.1. The Balaban J connectivity index is 2.09. The second-order valence-electron chi connectivity index (χ2n) is 6.36. The maximum Gasteiger partial charge on any atom is 0.289 e. The molecule has 0 spiro atoms. The molecular formula is C21H20ClN2OS2+. The van der Waals surface area contributed by atoms with Gasteiger partial charge in [-0.15, -0.1) is 11.3 Å². The van der Waals surface area contributed by atoms with E-state index in [2.05, 4.69) is 11.4 Å². The van der Waals surface area contributed by atoms with Crippen molar-refractivity contribution in [3.05, 3.63) is 80.8 Å². The maximum absolute atomic E-state index is 11.0. The van der Waals surface area contributed by atoms with Gasteiger partial charge in [0.25, 0.3) is 5.70 Å². The number of benzene rings is 1. The van der Waals surface area contributed by atoms with E-state index >= 15 is 0 Å². The molecule has 0 aliphatic heterocycles. The Hall–Kier alpha value is -2.21. The highest BCUT2D eigenvalue weighted by Gasteiger charge is 2.25. The molecule has 2 N–H and O–H groups in total. The van der Waals surface area contributed by atoms with Gasteiger partial charge in [0, 0.05) is 17.3 Å². The van der Waals surface area contributed by atoms with Crippen LogP contribution in [0.15, 0.2) is 54.9 Å². The summed E-state index contributed by atoms with van der Waals surface area (Å²) in [4.78, 5) is 1.09. The van der Waals surface area contributed by atoms with Gasteiger partial charge in [-0.05, 0) is 56.2 Å². The Labute approximate surface area is 173 Å². The second kappa shape index (κ2) is 8.21. The topological polar surface area (TPSA) is 36.1 Å². The molecular weight excluding hydrogens is 396 g/mol. The molecule has 0 atom stereocenters. The molecule has 3 rings (SSSR count). The maximum atomic E-state index is 11.0. The highest BCUT2D eigenvalue weighted by Crippen LogP contribution is 2.29. The minimum Gasteiger partial charge on any atom is -0.501 e. The van der Waals surface area contributed by atoms with E-state index in [1.165, 1.54) is 11.3 Å². The summed E-state index contributed by atoms with van der Waals surface area (Å²) < 4.78 is 2.44. The van der Waals surface area contributed by atoms with Crippen LogP contribution in [-0.2, 0) is 0 Å². The summed E-state index contributed by atoms with van der Waals surface area (Å²) in [5.41, 5.74) is 4.70. The van der Waals surface area contributed by atoms with E-state index in [1.54, 1.807) is 12.1 Å². The van der Waals surface area contributed by atoms with Gasteiger partial charge < -0.3 is 10.4 Å². The standard InChI is InChI=1S/C21H19ClN2OS2/c1-13-6-7-15(3)16(11-13)23-21(26)19(24-10-4-5-14(2)12-24)20(25)17-8-9-18(22)27-17/h4-12H,1-3H3,(H-,23,25,26)/p+1. The molecule has 0 aliphatic carbocycles. The number of aliphatic hydroxyl groups excluding tert-OH is 1. The number of aliphatic hydroxyl groups is 1. The average Bonchev–Trinajstić information content (AvgIpc) is 3.05. The number of pyridine rings is 1. The third-order valence-electron chi connectivity index (χ3n) is 4.09. The number of rotatable bonds is 4. The minimum absolute atomic E-state index is 0.0882. The molecule has 0 saturated carbocycles. The Morgan fingerprint density at radius 2 is 1.89 bits per heavy atom. The van der Waals surface area contributed by atoms with E-state index in [9.17, 15) is 5.11 Å². The van der Waals surface area contributed by atoms with Gasteiger partial charge in [-0.2, -0.15) is 4.57 Å². The molecule has 2 aromatic heterocycles. The number of halogens is 1. The summed E-state index contributed by atoms with van der Waals surface area (Å²) in [7, 11) is 0. The Morgan fingerprint density at radius 1 is 1.11 bits per heavy atom. The first kappa shape index (κ1) is 19.5. The van der Waals surface area contributed by atoms with Crippen LogP contribution >= 0.6 is 35.2 Å². The van der Waals surface area contributed by atoms with E-state index in [0.29, 0.717) is 19.9 Å². The van der Waals surface area contributed by atoms with Gasteiger partial charge in [0.15, 0.2) is 17.4 Å². The Bertz CT molecular complexity index is 1040. The third kappa shape index (κ3) is 4.56. The molecule has 0 fully saturated rings. The van der Waals surface area contributed by atoms with Crippen molar-refractivity contribution in [1.29, 1.82) is 0 Å². The first-order chi connectivity index (χ1) is 12.8. The molecule has 138 valence electrons. The van der Waals surface area contributed by atoms with Gasteiger partial charge in [-0.1, -0.05) is 36.0 Å². The van der Waals surface area contributed by atoms with Crippen molar-refractivity contribution in [3.8, 4) is 0 Å². The van der Waals surface area contributed by atoms with Crippen LogP contribution in [-0.4, -0.2) is 10.1 Å². The molecule has 0 saturated heterocycles. The van der Waals surface area contributed by atoms with Crippen LogP contribution in [0, 0.1) is 20.8 Å². The monoisotopic (exact) mass is 415 g/mol. The third-order valence-corrected chi connectivity index (χ3v) is 5.63. The molecule has 6 heteroatoms. The van der Waals surface area contributed by atoms with E-state index in [0.717, 1.165) is 22.4 Å².